The van der Waals surface area contributed by atoms with Crippen LogP contribution in [-0.2, 0) is 9.84 Å². The van der Waals surface area contributed by atoms with Gasteiger partial charge in [-0.2, -0.15) is 0 Å². The average molecular weight is 231 g/mol. The molecule has 0 atom stereocenters. The number of hydrogen-bond acceptors (Lipinski definition) is 3. The second kappa shape index (κ2) is 3.90. The van der Waals surface area contributed by atoms with Crippen molar-refractivity contribution in [2.24, 2.45) is 0 Å². The molecular formula is C10H14FNO2S. The van der Waals surface area contributed by atoms with Gasteiger partial charge in [0.05, 0.1) is 4.90 Å². The fourth-order valence-electron chi connectivity index (χ4n) is 1.04. The predicted octanol–water partition coefficient (Wildman–Crippen LogP) is 1.55. The molecule has 15 heavy (non-hydrogen) atoms. The fourth-order valence-corrected chi connectivity index (χ4v) is 2.40. The van der Waals surface area contributed by atoms with Gasteiger partial charge in [-0.15, -0.1) is 0 Å². The quantitative estimate of drug-likeness (QED) is 0.803. The van der Waals surface area contributed by atoms with E-state index in [1.807, 2.05) is 0 Å². The molecule has 1 aromatic rings. The predicted molar refractivity (Wildman–Crippen MR) is 56.7 cm³/mol. The van der Waals surface area contributed by atoms with Gasteiger partial charge in [-0.25, -0.2) is 12.8 Å². The zero-order chi connectivity index (χ0) is 11.7. The Kier molecular flexibility index (Phi) is 3.16. The Balaban J connectivity index is 3.24. The SMILES string of the molecule is CNC(C)(C)S(=O)(=O)c1ccc(F)cc1. The number of rotatable bonds is 3. The van der Waals surface area contributed by atoms with Gasteiger partial charge in [-0.05, 0) is 45.2 Å². The molecule has 1 N–H and O–H groups in total. The molecule has 0 aliphatic heterocycles. The normalized spacial score (nSPS) is 12.8. The molecule has 0 radical (unpaired) electrons. The van der Waals surface area contributed by atoms with Crippen molar-refractivity contribution in [1.29, 1.82) is 0 Å². The van der Waals surface area contributed by atoms with Crippen molar-refractivity contribution >= 4 is 9.84 Å². The lowest BCUT2D eigenvalue weighted by Gasteiger charge is -2.24. The minimum Gasteiger partial charge on any atom is -0.302 e. The maximum Gasteiger partial charge on any atom is 0.196 e. The molecule has 0 saturated heterocycles. The van der Waals surface area contributed by atoms with E-state index in [2.05, 4.69) is 5.32 Å². The second-order valence-electron chi connectivity index (χ2n) is 3.72. The van der Waals surface area contributed by atoms with Crippen LogP contribution in [0.5, 0.6) is 0 Å². The molecule has 5 heteroatoms. The van der Waals surface area contributed by atoms with Crippen LogP contribution >= 0.6 is 0 Å². The molecule has 3 nitrogen and oxygen atoms in total. The van der Waals surface area contributed by atoms with Gasteiger partial charge in [0.1, 0.15) is 10.7 Å². The molecule has 0 saturated carbocycles. The molecule has 0 aliphatic rings. The van der Waals surface area contributed by atoms with E-state index in [0.29, 0.717) is 0 Å². The van der Waals surface area contributed by atoms with Crippen LogP contribution in [-0.4, -0.2) is 20.3 Å². The van der Waals surface area contributed by atoms with E-state index in [0.717, 1.165) is 12.1 Å². The van der Waals surface area contributed by atoms with Crippen LogP contribution in [0.1, 0.15) is 13.8 Å². The Morgan fingerprint density at radius 3 is 2.07 bits per heavy atom. The van der Waals surface area contributed by atoms with Gasteiger partial charge in [0.15, 0.2) is 9.84 Å². The molecule has 0 spiro atoms. The molecule has 0 unspecified atom stereocenters. The highest BCUT2D eigenvalue weighted by atomic mass is 32.2. The third-order valence-corrected chi connectivity index (χ3v) is 4.84. The standard InChI is InChI=1S/C10H14FNO2S/c1-10(2,12-3)15(13,14)9-6-4-8(11)5-7-9/h4-7,12H,1-3H3. The molecule has 0 aliphatic carbocycles. The molecule has 1 rings (SSSR count). The smallest absolute Gasteiger partial charge is 0.196 e. The van der Waals surface area contributed by atoms with Crippen molar-refractivity contribution in [3.63, 3.8) is 0 Å². The highest BCUT2D eigenvalue weighted by molar-refractivity contribution is 7.92. The monoisotopic (exact) mass is 231 g/mol. The van der Waals surface area contributed by atoms with Gasteiger partial charge < -0.3 is 5.32 Å². The summed E-state index contributed by atoms with van der Waals surface area (Å²) in [5, 5.41) is 2.71. The first kappa shape index (κ1) is 12.1. The van der Waals surface area contributed by atoms with Gasteiger partial charge >= 0.3 is 0 Å². The summed E-state index contributed by atoms with van der Waals surface area (Å²) in [6, 6.07) is 4.81. The highest BCUT2D eigenvalue weighted by Gasteiger charge is 2.33. The summed E-state index contributed by atoms with van der Waals surface area (Å²) in [7, 11) is -1.91. The Labute approximate surface area is 89.2 Å². The Hall–Kier alpha value is -0.940. The lowest BCUT2D eigenvalue weighted by atomic mass is 10.3. The maximum atomic E-state index is 12.6. The number of halogens is 1. The van der Waals surface area contributed by atoms with E-state index in [1.165, 1.54) is 12.1 Å². The third kappa shape index (κ3) is 2.18. The van der Waals surface area contributed by atoms with Crippen molar-refractivity contribution in [1.82, 2.24) is 5.32 Å². The van der Waals surface area contributed by atoms with Gasteiger partial charge in [-0.3, -0.25) is 0 Å². The molecule has 0 bridgehead atoms. The Morgan fingerprint density at radius 1 is 1.20 bits per heavy atom. The Morgan fingerprint density at radius 2 is 1.67 bits per heavy atom. The molecular weight excluding hydrogens is 217 g/mol. The number of benzene rings is 1. The molecule has 0 aromatic heterocycles. The fraction of sp³-hybridized carbons (Fsp3) is 0.400. The van der Waals surface area contributed by atoms with E-state index in [1.54, 1.807) is 20.9 Å². The van der Waals surface area contributed by atoms with Crippen LogP contribution in [0.15, 0.2) is 29.2 Å². The summed E-state index contributed by atoms with van der Waals surface area (Å²) >= 11 is 0. The van der Waals surface area contributed by atoms with Gasteiger partial charge in [-0.1, -0.05) is 0 Å². The first-order valence-corrected chi connectivity index (χ1v) is 5.99. The number of hydrogen-bond donors (Lipinski definition) is 1. The van der Waals surface area contributed by atoms with Crippen LogP contribution in [0.3, 0.4) is 0 Å². The molecule has 0 heterocycles. The largest absolute Gasteiger partial charge is 0.302 e. The summed E-state index contributed by atoms with van der Waals surface area (Å²) in [6.07, 6.45) is 0. The Bertz CT molecular complexity index is 437. The first-order chi connectivity index (χ1) is 6.81. The topological polar surface area (TPSA) is 46.2 Å². The van der Waals surface area contributed by atoms with E-state index in [4.69, 9.17) is 0 Å². The van der Waals surface area contributed by atoms with Crippen molar-refractivity contribution in [3.05, 3.63) is 30.1 Å². The minimum absolute atomic E-state index is 0.114. The van der Waals surface area contributed by atoms with E-state index in [-0.39, 0.29) is 4.90 Å². The van der Waals surface area contributed by atoms with Gasteiger partial charge in [0, 0.05) is 0 Å². The van der Waals surface area contributed by atoms with Crippen LogP contribution in [0.4, 0.5) is 4.39 Å². The molecule has 0 amide bonds. The number of sulfone groups is 1. The van der Waals surface area contributed by atoms with Crippen LogP contribution in [0.2, 0.25) is 0 Å². The van der Waals surface area contributed by atoms with Crippen LogP contribution in [0, 0.1) is 5.82 Å². The zero-order valence-electron chi connectivity index (χ0n) is 8.91. The van der Waals surface area contributed by atoms with Crippen molar-refractivity contribution in [2.75, 3.05) is 7.05 Å². The van der Waals surface area contributed by atoms with Crippen LogP contribution in [0.25, 0.3) is 0 Å². The minimum atomic E-state index is -3.48. The summed E-state index contributed by atoms with van der Waals surface area (Å²) in [4.78, 5) is -0.951. The summed E-state index contributed by atoms with van der Waals surface area (Å²) in [5.74, 6) is -0.448. The summed E-state index contributed by atoms with van der Waals surface area (Å²) in [5.41, 5.74) is 0. The van der Waals surface area contributed by atoms with Crippen molar-refractivity contribution in [2.45, 2.75) is 23.6 Å². The second-order valence-corrected chi connectivity index (χ2v) is 6.22. The summed E-state index contributed by atoms with van der Waals surface area (Å²) < 4.78 is 36.7. The molecule has 1 aromatic carbocycles. The lowest BCUT2D eigenvalue weighted by Crippen LogP contribution is -2.44. The molecule has 84 valence electrons. The number of nitrogens with one attached hydrogen (secondary N) is 1. The maximum absolute atomic E-state index is 12.6. The van der Waals surface area contributed by atoms with Gasteiger partial charge in [0.2, 0.25) is 0 Å². The van der Waals surface area contributed by atoms with E-state index >= 15 is 0 Å². The van der Waals surface area contributed by atoms with Crippen molar-refractivity contribution in [3.8, 4) is 0 Å². The summed E-state index contributed by atoms with van der Waals surface area (Å²) in [6.45, 7) is 3.12. The van der Waals surface area contributed by atoms with Crippen molar-refractivity contribution < 1.29 is 12.8 Å². The lowest BCUT2D eigenvalue weighted by molar-refractivity contribution is 0.510. The molecule has 0 fully saturated rings. The average Bonchev–Trinajstić information content (AvgIpc) is 2.18. The van der Waals surface area contributed by atoms with Crippen LogP contribution < -0.4 is 5.32 Å². The van der Waals surface area contributed by atoms with E-state index in [9.17, 15) is 12.8 Å². The van der Waals surface area contributed by atoms with E-state index < -0.39 is 20.5 Å². The van der Waals surface area contributed by atoms with Gasteiger partial charge in [0.25, 0.3) is 0 Å². The first-order valence-electron chi connectivity index (χ1n) is 4.50. The highest BCUT2D eigenvalue weighted by Crippen LogP contribution is 2.22. The third-order valence-electron chi connectivity index (χ3n) is 2.40. The zero-order valence-corrected chi connectivity index (χ0v) is 9.73.